The molecule has 0 heterocycles. The van der Waals surface area contributed by atoms with Gasteiger partial charge in [-0.05, 0) is 31.1 Å². The van der Waals surface area contributed by atoms with Crippen LogP contribution in [0.15, 0.2) is 0 Å². The molecule has 74 valence electrons. The number of carbonyl (C=O) groups excluding carboxylic acids is 1. The Kier molecular flexibility index (Phi) is 2.28. The average molecular weight is 183 g/mol. The largest absolute Gasteiger partial charge is 0.275 e. The molecule has 3 nitrogen and oxygen atoms in total. The van der Waals surface area contributed by atoms with Crippen LogP contribution < -0.4 is 0 Å². The predicted molar refractivity (Wildman–Crippen MR) is 48.7 cm³/mol. The van der Waals surface area contributed by atoms with Gasteiger partial charge < -0.3 is 0 Å². The molecule has 1 amide bonds. The number of fused-ring (bicyclic) bond motifs is 2. The number of hydroxylamine groups is 2. The van der Waals surface area contributed by atoms with E-state index < -0.39 is 0 Å². The van der Waals surface area contributed by atoms with Crippen molar-refractivity contribution in [3.8, 4) is 0 Å². The maximum absolute atomic E-state index is 11.8. The van der Waals surface area contributed by atoms with Crippen LogP contribution in [0.3, 0.4) is 0 Å². The lowest BCUT2D eigenvalue weighted by atomic mass is 9.88. The molecule has 2 rings (SSSR count). The highest BCUT2D eigenvalue weighted by atomic mass is 16.7. The van der Waals surface area contributed by atoms with E-state index in [1.54, 1.807) is 14.2 Å². The number of nitrogens with zero attached hydrogens (tertiary/aromatic N) is 1. The molecule has 2 aliphatic carbocycles. The zero-order valence-electron chi connectivity index (χ0n) is 8.32. The SMILES string of the molecule is CON(C)C(=O)C1C[C@@H]2CC[C@H]1C2. The van der Waals surface area contributed by atoms with Gasteiger partial charge in [-0.25, -0.2) is 5.06 Å². The molecule has 2 saturated carbocycles. The van der Waals surface area contributed by atoms with Gasteiger partial charge in [0.05, 0.1) is 7.11 Å². The van der Waals surface area contributed by atoms with Crippen molar-refractivity contribution in [1.29, 1.82) is 0 Å². The van der Waals surface area contributed by atoms with Gasteiger partial charge in [0.25, 0.3) is 0 Å². The Labute approximate surface area is 79.0 Å². The third-order valence-electron chi connectivity index (χ3n) is 3.64. The Hall–Kier alpha value is -0.570. The van der Waals surface area contributed by atoms with Gasteiger partial charge >= 0.3 is 0 Å². The van der Waals surface area contributed by atoms with Crippen LogP contribution in [0.25, 0.3) is 0 Å². The molecule has 0 spiro atoms. The van der Waals surface area contributed by atoms with Gasteiger partial charge in [-0.3, -0.25) is 9.63 Å². The first-order valence-electron chi connectivity index (χ1n) is 5.04. The van der Waals surface area contributed by atoms with E-state index in [9.17, 15) is 4.79 Å². The van der Waals surface area contributed by atoms with Crippen LogP contribution in [0.4, 0.5) is 0 Å². The molecule has 0 aromatic carbocycles. The van der Waals surface area contributed by atoms with Crippen LogP contribution in [0.2, 0.25) is 0 Å². The summed E-state index contributed by atoms with van der Waals surface area (Å²) in [5.74, 6) is 1.90. The molecule has 0 radical (unpaired) electrons. The minimum absolute atomic E-state index is 0.176. The van der Waals surface area contributed by atoms with Crippen molar-refractivity contribution in [2.24, 2.45) is 17.8 Å². The number of hydrogen-bond donors (Lipinski definition) is 0. The van der Waals surface area contributed by atoms with Crippen molar-refractivity contribution in [3.63, 3.8) is 0 Å². The summed E-state index contributed by atoms with van der Waals surface area (Å²) in [6, 6.07) is 0. The van der Waals surface area contributed by atoms with Crippen molar-refractivity contribution < 1.29 is 9.63 Å². The standard InChI is InChI=1S/C10H17NO2/c1-11(13-2)10(12)9-6-7-3-4-8(9)5-7/h7-9H,3-6H2,1-2H3/t7-,8+,9?/m1/s1. The topological polar surface area (TPSA) is 29.5 Å². The first-order valence-corrected chi connectivity index (χ1v) is 5.04. The van der Waals surface area contributed by atoms with E-state index in [0.717, 1.165) is 12.3 Å². The molecule has 0 saturated heterocycles. The van der Waals surface area contributed by atoms with E-state index in [1.165, 1.54) is 24.3 Å². The summed E-state index contributed by atoms with van der Waals surface area (Å²) < 4.78 is 0. The van der Waals surface area contributed by atoms with E-state index in [2.05, 4.69) is 0 Å². The number of amides is 1. The Morgan fingerprint density at radius 1 is 1.38 bits per heavy atom. The monoisotopic (exact) mass is 183 g/mol. The van der Waals surface area contributed by atoms with E-state index in [-0.39, 0.29) is 11.8 Å². The second-order valence-electron chi connectivity index (χ2n) is 4.30. The first kappa shape index (κ1) is 9.00. The maximum atomic E-state index is 11.8. The van der Waals surface area contributed by atoms with Gasteiger partial charge in [0, 0.05) is 13.0 Å². The van der Waals surface area contributed by atoms with Crippen LogP contribution in [-0.2, 0) is 9.63 Å². The maximum Gasteiger partial charge on any atom is 0.249 e. The molecule has 13 heavy (non-hydrogen) atoms. The molecule has 1 unspecified atom stereocenters. The summed E-state index contributed by atoms with van der Waals surface area (Å²) in [5.41, 5.74) is 0. The minimum atomic E-state index is 0.176. The zero-order valence-corrected chi connectivity index (χ0v) is 8.32. The fraction of sp³-hybridized carbons (Fsp3) is 0.900. The second kappa shape index (κ2) is 3.29. The summed E-state index contributed by atoms with van der Waals surface area (Å²) in [6.07, 6.45) is 4.95. The summed E-state index contributed by atoms with van der Waals surface area (Å²) in [7, 11) is 3.25. The molecular formula is C10H17NO2. The quantitative estimate of drug-likeness (QED) is 0.606. The molecule has 2 aliphatic rings. The highest BCUT2D eigenvalue weighted by molar-refractivity contribution is 5.78. The van der Waals surface area contributed by atoms with Gasteiger partial charge in [-0.1, -0.05) is 6.42 Å². The highest BCUT2D eigenvalue weighted by Crippen LogP contribution is 2.48. The predicted octanol–water partition coefficient (Wildman–Crippen LogP) is 1.44. The Morgan fingerprint density at radius 2 is 2.15 bits per heavy atom. The molecule has 0 N–H and O–H groups in total. The Morgan fingerprint density at radius 3 is 2.62 bits per heavy atom. The lowest BCUT2D eigenvalue weighted by molar-refractivity contribution is -0.175. The third kappa shape index (κ3) is 1.46. The van der Waals surface area contributed by atoms with E-state index in [1.807, 2.05) is 0 Å². The smallest absolute Gasteiger partial charge is 0.249 e. The lowest BCUT2D eigenvalue weighted by Gasteiger charge is -2.24. The van der Waals surface area contributed by atoms with E-state index >= 15 is 0 Å². The first-order chi connectivity index (χ1) is 6.22. The van der Waals surface area contributed by atoms with E-state index in [0.29, 0.717) is 5.92 Å². The molecule has 3 atom stereocenters. The Balaban J connectivity index is 1.98. The van der Waals surface area contributed by atoms with E-state index in [4.69, 9.17) is 4.84 Å². The van der Waals surface area contributed by atoms with Crippen LogP contribution in [0, 0.1) is 17.8 Å². The third-order valence-corrected chi connectivity index (χ3v) is 3.64. The zero-order chi connectivity index (χ0) is 9.42. The molecule has 2 bridgehead atoms. The van der Waals surface area contributed by atoms with Gasteiger partial charge in [0.2, 0.25) is 5.91 Å². The molecule has 0 aliphatic heterocycles. The van der Waals surface area contributed by atoms with Crippen molar-refractivity contribution in [3.05, 3.63) is 0 Å². The lowest BCUT2D eigenvalue weighted by Crippen LogP contribution is -2.34. The number of carbonyl (C=O) groups is 1. The Bertz CT molecular complexity index is 217. The van der Waals surface area contributed by atoms with Crippen molar-refractivity contribution in [1.82, 2.24) is 5.06 Å². The molecule has 0 aromatic rings. The van der Waals surface area contributed by atoms with Gasteiger partial charge in [-0.15, -0.1) is 0 Å². The van der Waals surface area contributed by atoms with Gasteiger partial charge in [0.15, 0.2) is 0 Å². The fourth-order valence-corrected chi connectivity index (χ4v) is 2.87. The van der Waals surface area contributed by atoms with Gasteiger partial charge in [-0.2, -0.15) is 0 Å². The summed E-state index contributed by atoms with van der Waals surface area (Å²) >= 11 is 0. The summed E-state index contributed by atoms with van der Waals surface area (Å²) in [4.78, 5) is 16.7. The summed E-state index contributed by atoms with van der Waals surface area (Å²) in [6.45, 7) is 0. The average Bonchev–Trinajstić information content (AvgIpc) is 2.76. The van der Waals surface area contributed by atoms with Crippen molar-refractivity contribution in [2.45, 2.75) is 25.7 Å². The molecule has 2 fully saturated rings. The summed E-state index contributed by atoms with van der Waals surface area (Å²) in [5, 5.41) is 1.38. The number of hydrogen-bond acceptors (Lipinski definition) is 2. The van der Waals surface area contributed by atoms with Crippen molar-refractivity contribution >= 4 is 5.91 Å². The van der Waals surface area contributed by atoms with Crippen molar-refractivity contribution in [2.75, 3.05) is 14.2 Å². The normalized spacial score (nSPS) is 36.6. The van der Waals surface area contributed by atoms with Crippen LogP contribution >= 0.6 is 0 Å². The van der Waals surface area contributed by atoms with Crippen LogP contribution in [-0.4, -0.2) is 25.1 Å². The molecule has 0 aromatic heterocycles. The number of rotatable bonds is 2. The molecule has 3 heteroatoms. The van der Waals surface area contributed by atoms with Crippen LogP contribution in [0.5, 0.6) is 0 Å². The van der Waals surface area contributed by atoms with Crippen LogP contribution in [0.1, 0.15) is 25.7 Å². The second-order valence-corrected chi connectivity index (χ2v) is 4.30. The molecular weight excluding hydrogens is 166 g/mol. The fourth-order valence-electron chi connectivity index (χ4n) is 2.87. The minimum Gasteiger partial charge on any atom is -0.275 e. The van der Waals surface area contributed by atoms with Gasteiger partial charge in [0.1, 0.15) is 0 Å². The highest BCUT2D eigenvalue weighted by Gasteiger charge is 2.44.